The molecule has 0 saturated heterocycles. The Morgan fingerprint density at radius 3 is 2.62 bits per heavy atom. The minimum atomic E-state index is 1.00. The van der Waals surface area contributed by atoms with Gasteiger partial charge in [-0.1, -0.05) is 47.6 Å². The van der Waals surface area contributed by atoms with E-state index in [0.717, 1.165) is 19.3 Å². The van der Waals surface area contributed by atoms with Crippen LogP contribution in [-0.2, 0) is 6.42 Å². The molecule has 1 aromatic carbocycles. The van der Waals surface area contributed by atoms with E-state index < -0.39 is 0 Å². The van der Waals surface area contributed by atoms with Crippen molar-refractivity contribution in [3.63, 3.8) is 0 Å². The summed E-state index contributed by atoms with van der Waals surface area (Å²) in [5.74, 6) is 0. The third-order valence-electron chi connectivity index (χ3n) is 2.54. The summed E-state index contributed by atoms with van der Waals surface area (Å²) in [6.45, 7) is 6.51. The fourth-order valence-corrected chi connectivity index (χ4v) is 1.53. The highest BCUT2D eigenvalue weighted by atomic mass is 14.0. The predicted octanol–water partition coefficient (Wildman–Crippen LogP) is 4.72. The first-order chi connectivity index (χ1) is 7.68. The molecular weight excluding hydrogens is 192 g/mol. The van der Waals surface area contributed by atoms with Gasteiger partial charge in [0.2, 0.25) is 0 Å². The first-order valence-corrected chi connectivity index (χ1v) is 5.93. The Kier molecular flexibility index (Phi) is 5.63. The molecule has 0 spiro atoms. The number of benzene rings is 1. The first kappa shape index (κ1) is 12.8. The molecule has 0 atom stereocenters. The van der Waals surface area contributed by atoms with Gasteiger partial charge in [0, 0.05) is 0 Å². The molecule has 85 valence electrons. The van der Waals surface area contributed by atoms with Gasteiger partial charge < -0.3 is 0 Å². The predicted molar refractivity (Wildman–Crippen MR) is 71.4 cm³/mol. The fourth-order valence-electron chi connectivity index (χ4n) is 1.53. The van der Waals surface area contributed by atoms with E-state index in [1.807, 2.05) is 12.1 Å². The van der Waals surface area contributed by atoms with E-state index in [0.29, 0.717) is 0 Å². The van der Waals surface area contributed by atoms with Crippen LogP contribution in [0.25, 0.3) is 0 Å². The van der Waals surface area contributed by atoms with Crippen LogP contribution in [0.3, 0.4) is 0 Å². The van der Waals surface area contributed by atoms with Crippen molar-refractivity contribution in [2.24, 2.45) is 0 Å². The van der Waals surface area contributed by atoms with E-state index >= 15 is 0 Å². The lowest BCUT2D eigenvalue weighted by Crippen LogP contribution is -1.83. The summed E-state index contributed by atoms with van der Waals surface area (Å²) in [5.41, 5.74) is 4.14. The highest BCUT2D eigenvalue weighted by molar-refractivity contribution is 5.17. The molecule has 0 aliphatic heterocycles. The maximum Gasteiger partial charge on any atom is -0.00887 e. The van der Waals surface area contributed by atoms with E-state index in [1.54, 1.807) is 0 Å². The van der Waals surface area contributed by atoms with Crippen LogP contribution >= 0.6 is 0 Å². The number of rotatable bonds is 5. The van der Waals surface area contributed by atoms with Gasteiger partial charge >= 0.3 is 0 Å². The lowest BCUT2D eigenvalue weighted by atomic mass is 10.1. The maximum atomic E-state index is 3.24. The molecule has 0 heterocycles. The normalized spacial score (nSPS) is 11.3. The highest BCUT2D eigenvalue weighted by Crippen LogP contribution is 2.09. The molecule has 0 saturated carbocycles. The Morgan fingerprint density at radius 1 is 1.19 bits per heavy atom. The second-order valence-electron chi connectivity index (χ2n) is 4.46. The van der Waals surface area contributed by atoms with Crippen LogP contribution in [0, 0.1) is 6.07 Å². The topological polar surface area (TPSA) is 0 Å². The van der Waals surface area contributed by atoms with E-state index in [-0.39, 0.29) is 0 Å². The van der Waals surface area contributed by atoms with Crippen LogP contribution in [0.2, 0.25) is 0 Å². The minimum absolute atomic E-state index is 1.00. The summed E-state index contributed by atoms with van der Waals surface area (Å²) in [5, 5.41) is 0. The standard InChI is InChI=1S/C16H21/c1-14(2)8-7-9-15(3)12-13-16-10-5-4-6-11-16/h4-6,8,10,12H,7,9,13H2,1-3H3/b15-12+. The van der Waals surface area contributed by atoms with Gasteiger partial charge in [0.1, 0.15) is 0 Å². The molecule has 0 fully saturated rings. The third-order valence-corrected chi connectivity index (χ3v) is 2.54. The molecule has 0 heteroatoms. The molecular formula is C16H21. The Morgan fingerprint density at radius 2 is 2.00 bits per heavy atom. The van der Waals surface area contributed by atoms with Gasteiger partial charge in [-0.25, -0.2) is 0 Å². The van der Waals surface area contributed by atoms with Gasteiger partial charge in [0.25, 0.3) is 0 Å². The van der Waals surface area contributed by atoms with E-state index in [9.17, 15) is 0 Å². The van der Waals surface area contributed by atoms with Crippen LogP contribution in [0.4, 0.5) is 0 Å². The maximum absolute atomic E-state index is 3.24. The summed E-state index contributed by atoms with van der Waals surface area (Å²) in [6, 6.07) is 11.4. The van der Waals surface area contributed by atoms with Gasteiger partial charge in [-0.05, 0) is 51.7 Å². The Hall–Kier alpha value is -1.30. The second kappa shape index (κ2) is 7.05. The third kappa shape index (κ3) is 5.55. The summed E-state index contributed by atoms with van der Waals surface area (Å²) >= 11 is 0. The van der Waals surface area contributed by atoms with Crippen molar-refractivity contribution >= 4 is 0 Å². The van der Waals surface area contributed by atoms with Gasteiger partial charge in [0.05, 0.1) is 0 Å². The van der Waals surface area contributed by atoms with Crippen molar-refractivity contribution < 1.29 is 0 Å². The van der Waals surface area contributed by atoms with Crippen molar-refractivity contribution in [2.45, 2.75) is 40.0 Å². The van der Waals surface area contributed by atoms with Crippen molar-refractivity contribution in [1.29, 1.82) is 0 Å². The summed E-state index contributed by atoms with van der Waals surface area (Å²) in [6.07, 6.45) is 7.93. The molecule has 0 nitrogen and oxygen atoms in total. The quantitative estimate of drug-likeness (QED) is 0.621. The van der Waals surface area contributed by atoms with Gasteiger partial charge in [0.15, 0.2) is 0 Å². The summed E-state index contributed by atoms with van der Waals surface area (Å²) in [7, 11) is 0. The Balaban J connectivity index is 2.37. The zero-order valence-corrected chi connectivity index (χ0v) is 10.6. The molecule has 0 unspecified atom stereocenters. The van der Waals surface area contributed by atoms with E-state index in [1.165, 1.54) is 16.7 Å². The van der Waals surface area contributed by atoms with Crippen molar-refractivity contribution in [1.82, 2.24) is 0 Å². The smallest absolute Gasteiger partial charge is 0.00887 e. The molecule has 1 rings (SSSR count). The van der Waals surface area contributed by atoms with Gasteiger partial charge in [-0.2, -0.15) is 0 Å². The van der Waals surface area contributed by atoms with Gasteiger partial charge in [-0.3, -0.25) is 0 Å². The molecule has 16 heavy (non-hydrogen) atoms. The largest absolute Gasteiger partial charge is 0.0856 e. The van der Waals surface area contributed by atoms with Crippen molar-refractivity contribution in [2.75, 3.05) is 0 Å². The molecule has 0 bridgehead atoms. The molecule has 1 radical (unpaired) electrons. The molecule has 0 aromatic heterocycles. The number of hydrogen-bond acceptors (Lipinski definition) is 0. The van der Waals surface area contributed by atoms with E-state index in [2.05, 4.69) is 51.1 Å². The highest BCUT2D eigenvalue weighted by Gasteiger charge is 1.91. The summed E-state index contributed by atoms with van der Waals surface area (Å²) in [4.78, 5) is 0. The Labute approximate surface area is 99.7 Å². The zero-order chi connectivity index (χ0) is 11.8. The van der Waals surface area contributed by atoms with Crippen molar-refractivity contribution in [3.05, 3.63) is 59.2 Å². The number of allylic oxidation sites excluding steroid dienone is 4. The van der Waals surface area contributed by atoms with Gasteiger partial charge in [-0.15, -0.1) is 0 Å². The summed E-state index contributed by atoms with van der Waals surface area (Å²) < 4.78 is 0. The van der Waals surface area contributed by atoms with Crippen LogP contribution in [0.15, 0.2) is 47.6 Å². The average molecular weight is 213 g/mol. The minimum Gasteiger partial charge on any atom is -0.0856 e. The molecule has 0 N–H and O–H groups in total. The lowest BCUT2D eigenvalue weighted by molar-refractivity contribution is 0.955. The van der Waals surface area contributed by atoms with Crippen LogP contribution in [0.5, 0.6) is 0 Å². The first-order valence-electron chi connectivity index (χ1n) is 5.93. The van der Waals surface area contributed by atoms with Crippen molar-refractivity contribution in [3.8, 4) is 0 Å². The van der Waals surface area contributed by atoms with Crippen LogP contribution in [-0.4, -0.2) is 0 Å². The van der Waals surface area contributed by atoms with Crippen LogP contribution < -0.4 is 0 Å². The molecule has 0 aliphatic rings. The van der Waals surface area contributed by atoms with E-state index in [4.69, 9.17) is 0 Å². The van der Waals surface area contributed by atoms with Crippen LogP contribution in [0.1, 0.15) is 39.2 Å². The fraction of sp³-hybridized carbons (Fsp3) is 0.375. The molecule has 0 amide bonds. The SMILES string of the molecule is CC(C)=CCC/C(C)=C/Cc1[c]cccc1. The second-order valence-corrected chi connectivity index (χ2v) is 4.46. The average Bonchev–Trinajstić information content (AvgIpc) is 2.27. The number of hydrogen-bond donors (Lipinski definition) is 0. The lowest BCUT2D eigenvalue weighted by Gasteiger charge is -2.00. The molecule has 0 aliphatic carbocycles. The zero-order valence-electron chi connectivity index (χ0n) is 10.6. The monoisotopic (exact) mass is 213 g/mol. The molecule has 1 aromatic rings. The Bertz CT molecular complexity index is 351.